The number of hydrogen-bond acceptors (Lipinski definition) is 2. The fourth-order valence-corrected chi connectivity index (χ4v) is 4.00. The summed E-state index contributed by atoms with van der Waals surface area (Å²) in [6, 6.07) is 1.51. The quantitative estimate of drug-likeness (QED) is 0.712. The van der Waals surface area contributed by atoms with E-state index in [0.717, 1.165) is 12.1 Å². The lowest BCUT2D eigenvalue weighted by atomic mass is 9.85. The number of nitrogens with one attached hydrogen (secondary N) is 1. The van der Waals surface area contributed by atoms with Gasteiger partial charge in [0, 0.05) is 18.2 Å². The van der Waals surface area contributed by atoms with E-state index in [1.54, 1.807) is 0 Å². The minimum Gasteiger partial charge on any atom is -0.415 e. The van der Waals surface area contributed by atoms with Crippen molar-refractivity contribution in [3.63, 3.8) is 0 Å². The second-order valence-corrected chi connectivity index (χ2v) is 10.3. The van der Waals surface area contributed by atoms with Gasteiger partial charge >= 0.3 is 0 Å². The summed E-state index contributed by atoms with van der Waals surface area (Å²) in [5, 5.41) is 3.70. The minimum atomic E-state index is -1.32. The molecule has 2 unspecified atom stereocenters. The van der Waals surface area contributed by atoms with Crippen molar-refractivity contribution < 1.29 is 4.43 Å². The predicted octanol–water partition coefficient (Wildman–Crippen LogP) is 2.51. The molecule has 0 aromatic heterocycles. The minimum absolute atomic E-state index is 0.554. The summed E-state index contributed by atoms with van der Waals surface area (Å²) in [5.41, 5.74) is 0. The maximum atomic E-state index is 6.21. The Morgan fingerprint density at radius 1 is 1.07 bits per heavy atom. The van der Waals surface area contributed by atoms with E-state index in [1.807, 2.05) is 0 Å². The van der Waals surface area contributed by atoms with Gasteiger partial charge in [0.2, 0.25) is 0 Å². The Bertz CT molecular complexity index is 190. The number of hydrogen-bond donors (Lipinski definition) is 1. The fourth-order valence-electron chi connectivity index (χ4n) is 2.81. The first-order chi connectivity index (χ1) is 6.53. The molecular weight excluding hydrogens is 190 g/mol. The number of rotatable bonds is 2. The van der Waals surface area contributed by atoms with E-state index >= 15 is 0 Å². The monoisotopic (exact) mass is 213 g/mol. The summed E-state index contributed by atoms with van der Waals surface area (Å²) in [4.78, 5) is 0. The normalized spacial score (nSPS) is 38.4. The molecule has 0 aliphatic carbocycles. The van der Waals surface area contributed by atoms with Gasteiger partial charge in [-0.25, -0.2) is 0 Å². The molecule has 1 N–H and O–H groups in total. The Balaban J connectivity index is 1.89. The van der Waals surface area contributed by atoms with E-state index in [1.165, 1.54) is 32.1 Å². The molecule has 2 saturated heterocycles. The van der Waals surface area contributed by atoms with Crippen LogP contribution in [0.25, 0.3) is 0 Å². The molecule has 0 aromatic carbocycles. The van der Waals surface area contributed by atoms with Crippen molar-refractivity contribution in [2.75, 3.05) is 0 Å². The van der Waals surface area contributed by atoms with Crippen LogP contribution in [0.1, 0.15) is 32.1 Å². The molecule has 0 saturated carbocycles. The van der Waals surface area contributed by atoms with Crippen LogP contribution in [0.5, 0.6) is 0 Å². The molecule has 0 spiro atoms. The smallest absolute Gasteiger partial charge is 0.184 e. The van der Waals surface area contributed by atoms with Crippen molar-refractivity contribution in [3.8, 4) is 0 Å². The molecule has 0 amide bonds. The van der Waals surface area contributed by atoms with Gasteiger partial charge in [-0.2, -0.15) is 0 Å². The van der Waals surface area contributed by atoms with E-state index in [9.17, 15) is 0 Å². The second-order valence-electron chi connectivity index (χ2n) is 5.82. The van der Waals surface area contributed by atoms with Crippen molar-refractivity contribution in [1.29, 1.82) is 0 Å². The highest BCUT2D eigenvalue weighted by Crippen LogP contribution is 2.28. The zero-order valence-electron chi connectivity index (χ0n) is 9.68. The fraction of sp³-hybridized carbons (Fsp3) is 1.00. The molecule has 2 aliphatic heterocycles. The van der Waals surface area contributed by atoms with Crippen LogP contribution < -0.4 is 5.32 Å². The molecule has 2 bridgehead atoms. The standard InChI is InChI=1S/C11H23NOSi/c1-14(2,3)13-11-7-9-5-4-6-10(8-11)12-9/h9-12H,4-8H2,1-3H3. The summed E-state index contributed by atoms with van der Waals surface area (Å²) in [6.07, 6.45) is 7.20. The van der Waals surface area contributed by atoms with E-state index in [2.05, 4.69) is 25.0 Å². The Labute approximate surface area is 88.5 Å². The van der Waals surface area contributed by atoms with E-state index in [0.29, 0.717) is 6.10 Å². The molecule has 82 valence electrons. The highest BCUT2D eigenvalue weighted by Gasteiger charge is 2.33. The Hall–Kier alpha value is 0.137. The van der Waals surface area contributed by atoms with Crippen LogP contribution in [0.3, 0.4) is 0 Å². The lowest BCUT2D eigenvalue weighted by Crippen LogP contribution is -2.52. The SMILES string of the molecule is C[Si](C)(C)OC1CC2CCCC(C1)N2. The van der Waals surface area contributed by atoms with Crippen molar-refractivity contribution in [2.24, 2.45) is 0 Å². The highest BCUT2D eigenvalue weighted by molar-refractivity contribution is 6.69. The summed E-state index contributed by atoms with van der Waals surface area (Å²) in [7, 11) is -1.32. The zero-order valence-corrected chi connectivity index (χ0v) is 10.7. The highest BCUT2D eigenvalue weighted by atomic mass is 28.4. The van der Waals surface area contributed by atoms with Crippen molar-refractivity contribution >= 4 is 8.32 Å². The average molecular weight is 213 g/mol. The van der Waals surface area contributed by atoms with Crippen molar-refractivity contribution in [2.45, 2.75) is 69.9 Å². The molecule has 0 radical (unpaired) electrons. The van der Waals surface area contributed by atoms with Gasteiger partial charge in [-0.15, -0.1) is 0 Å². The lowest BCUT2D eigenvalue weighted by molar-refractivity contribution is 0.0875. The molecular formula is C11H23NOSi. The summed E-state index contributed by atoms with van der Waals surface area (Å²) in [5.74, 6) is 0. The molecule has 14 heavy (non-hydrogen) atoms. The molecule has 2 fully saturated rings. The van der Waals surface area contributed by atoms with Crippen LogP contribution in [0, 0.1) is 0 Å². The molecule has 2 rings (SSSR count). The zero-order chi connectivity index (χ0) is 10.2. The summed E-state index contributed by atoms with van der Waals surface area (Å²) in [6.45, 7) is 6.89. The van der Waals surface area contributed by atoms with Crippen molar-refractivity contribution in [1.82, 2.24) is 5.32 Å². The van der Waals surface area contributed by atoms with E-state index in [4.69, 9.17) is 4.43 Å². The first-order valence-corrected chi connectivity index (χ1v) is 9.37. The first-order valence-electron chi connectivity index (χ1n) is 5.97. The Kier molecular flexibility index (Phi) is 3.00. The molecule has 3 heteroatoms. The molecule has 0 aromatic rings. The topological polar surface area (TPSA) is 21.3 Å². The summed E-state index contributed by atoms with van der Waals surface area (Å²) >= 11 is 0. The van der Waals surface area contributed by atoms with E-state index in [-0.39, 0.29) is 0 Å². The van der Waals surface area contributed by atoms with Crippen LogP contribution in [0.4, 0.5) is 0 Å². The lowest BCUT2D eigenvalue weighted by Gasteiger charge is -2.42. The number of piperidine rings is 2. The van der Waals surface area contributed by atoms with Gasteiger partial charge in [0.1, 0.15) is 0 Å². The van der Waals surface area contributed by atoms with Gasteiger partial charge in [-0.1, -0.05) is 6.42 Å². The van der Waals surface area contributed by atoms with Gasteiger partial charge in [0.15, 0.2) is 8.32 Å². The number of fused-ring (bicyclic) bond motifs is 2. The largest absolute Gasteiger partial charge is 0.415 e. The van der Waals surface area contributed by atoms with Crippen LogP contribution in [0.2, 0.25) is 19.6 Å². The van der Waals surface area contributed by atoms with Crippen LogP contribution in [-0.4, -0.2) is 26.5 Å². The Morgan fingerprint density at radius 2 is 1.64 bits per heavy atom. The van der Waals surface area contributed by atoms with Crippen molar-refractivity contribution in [3.05, 3.63) is 0 Å². The Morgan fingerprint density at radius 3 is 2.14 bits per heavy atom. The average Bonchev–Trinajstić information content (AvgIpc) is 1.99. The predicted molar refractivity (Wildman–Crippen MR) is 62.0 cm³/mol. The third-order valence-electron chi connectivity index (χ3n) is 3.19. The van der Waals surface area contributed by atoms with E-state index < -0.39 is 8.32 Å². The molecule has 2 nitrogen and oxygen atoms in total. The maximum Gasteiger partial charge on any atom is 0.184 e. The van der Waals surface area contributed by atoms with Crippen LogP contribution in [0.15, 0.2) is 0 Å². The molecule has 2 atom stereocenters. The van der Waals surface area contributed by atoms with Gasteiger partial charge in [0.05, 0.1) is 0 Å². The van der Waals surface area contributed by atoms with Crippen LogP contribution >= 0.6 is 0 Å². The van der Waals surface area contributed by atoms with Crippen LogP contribution in [-0.2, 0) is 4.43 Å². The first kappa shape index (κ1) is 10.6. The molecule has 2 heterocycles. The van der Waals surface area contributed by atoms with Gasteiger partial charge in [-0.3, -0.25) is 0 Å². The molecule has 2 aliphatic rings. The maximum absolute atomic E-state index is 6.21. The van der Waals surface area contributed by atoms with Gasteiger partial charge < -0.3 is 9.74 Å². The third-order valence-corrected chi connectivity index (χ3v) is 4.23. The third kappa shape index (κ3) is 2.81. The summed E-state index contributed by atoms with van der Waals surface area (Å²) < 4.78 is 6.21. The van der Waals surface area contributed by atoms with Gasteiger partial charge in [-0.05, 0) is 45.3 Å². The van der Waals surface area contributed by atoms with Gasteiger partial charge in [0.25, 0.3) is 0 Å². The second kappa shape index (κ2) is 3.95.